The summed E-state index contributed by atoms with van der Waals surface area (Å²) in [6, 6.07) is 7.63. The lowest BCUT2D eigenvalue weighted by atomic mass is 9.93. The predicted molar refractivity (Wildman–Crippen MR) is 91.0 cm³/mol. The molecule has 0 saturated heterocycles. The van der Waals surface area contributed by atoms with Crippen LogP contribution in [-0.2, 0) is 16.0 Å². The third kappa shape index (κ3) is 2.67. The summed E-state index contributed by atoms with van der Waals surface area (Å²) in [6.07, 6.45) is 4.05. The Labute approximate surface area is 143 Å². The lowest BCUT2D eigenvalue weighted by molar-refractivity contribution is -0.141. The van der Waals surface area contributed by atoms with Crippen LogP contribution in [0.2, 0.25) is 0 Å². The first-order chi connectivity index (χ1) is 12.1. The molecule has 0 saturated carbocycles. The molecule has 3 N–H and O–H groups in total. The highest BCUT2D eigenvalue weighted by Gasteiger charge is 2.34. The average Bonchev–Trinajstić information content (AvgIpc) is 3.27. The minimum absolute atomic E-state index is 0.00526. The molecule has 0 aliphatic carbocycles. The van der Waals surface area contributed by atoms with E-state index in [1.165, 1.54) is 0 Å². The van der Waals surface area contributed by atoms with Gasteiger partial charge in [0.05, 0.1) is 18.4 Å². The van der Waals surface area contributed by atoms with E-state index in [-0.39, 0.29) is 24.8 Å². The number of amides is 1. The molecule has 1 aromatic carbocycles. The van der Waals surface area contributed by atoms with Crippen LogP contribution in [0.1, 0.15) is 35.8 Å². The van der Waals surface area contributed by atoms with Gasteiger partial charge in [-0.05, 0) is 17.7 Å². The molecule has 1 atom stereocenters. The minimum Gasteiger partial charge on any atom is -0.481 e. The smallest absolute Gasteiger partial charge is 0.303 e. The van der Waals surface area contributed by atoms with Crippen LogP contribution in [0.3, 0.4) is 0 Å². The van der Waals surface area contributed by atoms with Crippen LogP contribution in [0.25, 0.3) is 10.9 Å². The third-order valence-electron chi connectivity index (χ3n) is 4.72. The molecule has 128 valence electrons. The van der Waals surface area contributed by atoms with Gasteiger partial charge in [0.25, 0.3) is 0 Å². The molecule has 0 unspecified atom stereocenters. The number of aliphatic carboxylic acids is 1. The molecule has 7 nitrogen and oxygen atoms in total. The Morgan fingerprint density at radius 1 is 1.24 bits per heavy atom. The molecule has 3 heterocycles. The second kappa shape index (κ2) is 6.08. The van der Waals surface area contributed by atoms with Crippen molar-refractivity contribution in [3.8, 4) is 0 Å². The van der Waals surface area contributed by atoms with Crippen molar-refractivity contribution in [1.82, 2.24) is 19.9 Å². The number of hydrogen-bond acceptors (Lipinski definition) is 3. The zero-order valence-corrected chi connectivity index (χ0v) is 13.5. The second-order valence-corrected chi connectivity index (χ2v) is 6.19. The third-order valence-corrected chi connectivity index (χ3v) is 4.72. The standard InChI is InChI=1S/C18H18N4O3/c23-15(4-5-16(24)25)22-9-7-14-17(21-10-20-14)18(22)12-2-1-3-13-11(12)6-8-19-13/h1-3,6,8,10,18-19H,4-5,7,9H2,(H,20,21)(H,24,25)/t18-/m0/s1. The first-order valence-corrected chi connectivity index (χ1v) is 8.24. The fraction of sp³-hybridized carbons (Fsp3) is 0.278. The fourth-order valence-electron chi connectivity index (χ4n) is 3.57. The van der Waals surface area contributed by atoms with Gasteiger partial charge < -0.3 is 20.0 Å². The second-order valence-electron chi connectivity index (χ2n) is 6.19. The maximum absolute atomic E-state index is 12.7. The van der Waals surface area contributed by atoms with E-state index in [9.17, 15) is 9.59 Å². The van der Waals surface area contributed by atoms with Gasteiger partial charge in [0.15, 0.2) is 0 Å². The largest absolute Gasteiger partial charge is 0.481 e. The first-order valence-electron chi connectivity index (χ1n) is 8.24. The molecule has 0 spiro atoms. The molecular formula is C18H18N4O3. The van der Waals surface area contributed by atoms with Crippen molar-refractivity contribution in [2.75, 3.05) is 6.54 Å². The summed E-state index contributed by atoms with van der Waals surface area (Å²) in [4.78, 5) is 36.1. The summed E-state index contributed by atoms with van der Waals surface area (Å²) in [6.45, 7) is 0.541. The number of H-pyrrole nitrogens is 2. The van der Waals surface area contributed by atoms with Gasteiger partial charge in [0.1, 0.15) is 6.04 Å². The van der Waals surface area contributed by atoms with Crippen LogP contribution in [0.4, 0.5) is 0 Å². The number of aromatic amines is 2. The van der Waals surface area contributed by atoms with Crippen molar-refractivity contribution in [2.24, 2.45) is 0 Å². The lowest BCUT2D eigenvalue weighted by Crippen LogP contribution is -2.41. The number of aromatic nitrogens is 3. The Balaban J connectivity index is 1.78. The Kier molecular flexibility index (Phi) is 3.76. The van der Waals surface area contributed by atoms with Gasteiger partial charge in [0.2, 0.25) is 5.91 Å². The number of carboxylic acid groups (broad SMARTS) is 1. The van der Waals surface area contributed by atoms with Gasteiger partial charge in [-0.25, -0.2) is 4.98 Å². The quantitative estimate of drug-likeness (QED) is 0.679. The molecule has 3 aromatic rings. The number of carboxylic acids is 1. The summed E-state index contributed by atoms with van der Waals surface area (Å²) in [5.41, 5.74) is 3.86. The maximum Gasteiger partial charge on any atom is 0.303 e. The normalized spacial score (nSPS) is 16.8. The van der Waals surface area contributed by atoms with Gasteiger partial charge in [0, 0.05) is 42.2 Å². The van der Waals surface area contributed by atoms with E-state index in [1.54, 1.807) is 11.2 Å². The maximum atomic E-state index is 12.7. The van der Waals surface area contributed by atoms with E-state index >= 15 is 0 Å². The molecule has 1 amide bonds. The highest BCUT2D eigenvalue weighted by atomic mass is 16.4. The summed E-state index contributed by atoms with van der Waals surface area (Å²) >= 11 is 0. The molecule has 7 heteroatoms. The van der Waals surface area contributed by atoms with Gasteiger partial charge >= 0.3 is 5.97 Å². The summed E-state index contributed by atoms with van der Waals surface area (Å²) < 4.78 is 0. The molecule has 2 aromatic heterocycles. The highest BCUT2D eigenvalue weighted by Crippen LogP contribution is 2.37. The van der Waals surface area contributed by atoms with Crippen molar-refractivity contribution in [3.05, 3.63) is 53.7 Å². The summed E-state index contributed by atoms with van der Waals surface area (Å²) in [5, 5.41) is 9.93. The highest BCUT2D eigenvalue weighted by molar-refractivity contribution is 5.86. The zero-order valence-electron chi connectivity index (χ0n) is 13.5. The van der Waals surface area contributed by atoms with Gasteiger partial charge in [-0.1, -0.05) is 12.1 Å². The Bertz CT molecular complexity index is 943. The molecule has 4 rings (SSSR count). The van der Waals surface area contributed by atoms with Crippen LogP contribution in [0.5, 0.6) is 0 Å². The Morgan fingerprint density at radius 3 is 2.96 bits per heavy atom. The number of nitrogens with zero attached hydrogens (tertiary/aromatic N) is 2. The van der Waals surface area contributed by atoms with Crippen LogP contribution in [0, 0.1) is 0 Å². The Morgan fingerprint density at radius 2 is 2.12 bits per heavy atom. The van der Waals surface area contributed by atoms with E-state index in [2.05, 4.69) is 15.0 Å². The molecule has 0 fully saturated rings. The van der Waals surface area contributed by atoms with Crippen LogP contribution >= 0.6 is 0 Å². The topological polar surface area (TPSA) is 102 Å². The number of nitrogens with one attached hydrogen (secondary N) is 2. The summed E-state index contributed by atoms with van der Waals surface area (Å²) in [5.74, 6) is -1.12. The first kappa shape index (κ1) is 15.4. The number of carbonyl (C=O) groups excluding carboxylic acids is 1. The molecule has 1 aliphatic heterocycles. The number of imidazole rings is 1. The van der Waals surface area contributed by atoms with E-state index in [1.807, 2.05) is 30.5 Å². The van der Waals surface area contributed by atoms with Crippen molar-refractivity contribution in [1.29, 1.82) is 0 Å². The van der Waals surface area contributed by atoms with Crippen LogP contribution in [-0.4, -0.2) is 43.4 Å². The number of benzene rings is 1. The van der Waals surface area contributed by atoms with E-state index in [0.29, 0.717) is 13.0 Å². The molecular weight excluding hydrogens is 320 g/mol. The molecule has 25 heavy (non-hydrogen) atoms. The fourth-order valence-corrected chi connectivity index (χ4v) is 3.57. The van der Waals surface area contributed by atoms with Gasteiger partial charge in [-0.15, -0.1) is 0 Å². The molecule has 1 aliphatic rings. The zero-order chi connectivity index (χ0) is 17.4. The van der Waals surface area contributed by atoms with E-state index in [4.69, 9.17) is 5.11 Å². The monoisotopic (exact) mass is 338 g/mol. The predicted octanol–water partition coefficient (Wildman–Crippen LogP) is 2.23. The van der Waals surface area contributed by atoms with Crippen LogP contribution < -0.4 is 0 Å². The van der Waals surface area contributed by atoms with Crippen molar-refractivity contribution in [2.45, 2.75) is 25.3 Å². The van der Waals surface area contributed by atoms with Gasteiger partial charge in [-0.2, -0.15) is 0 Å². The van der Waals surface area contributed by atoms with E-state index < -0.39 is 5.97 Å². The molecule has 0 radical (unpaired) electrons. The lowest BCUT2D eigenvalue weighted by Gasteiger charge is -2.35. The average molecular weight is 338 g/mol. The van der Waals surface area contributed by atoms with E-state index in [0.717, 1.165) is 27.9 Å². The minimum atomic E-state index is -0.963. The van der Waals surface area contributed by atoms with Gasteiger partial charge in [-0.3, -0.25) is 9.59 Å². The SMILES string of the molecule is O=C(O)CCC(=O)N1CCc2[nH]cnc2[C@@H]1c1cccc2[nH]ccc12. The summed E-state index contributed by atoms with van der Waals surface area (Å²) in [7, 11) is 0. The Hall–Kier alpha value is -3.09. The van der Waals surface area contributed by atoms with Crippen molar-refractivity contribution >= 4 is 22.8 Å². The molecule has 0 bridgehead atoms. The number of carbonyl (C=O) groups is 2. The number of fused-ring (bicyclic) bond motifs is 2. The van der Waals surface area contributed by atoms with Crippen molar-refractivity contribution in [3.63, 3.8) is 0 Å². The van der Waals surface area contributed by atoms with Crippen molar-refractivity contribution < 1.29 is 14.7 Å². The number of hydrogen-bond donors (Lipinski definition) is 3. The number of rotatable bonds is 4. The van der Waals surface area contributed by atoms with Crippen LogP contribution in [0.15, 0.2) is 36.8 Å².